The van der Waals surface area contributed by atoms with E-state index >= 15 is 0 Å². The van der Waals surface area contributed by atoms with Gasteiger partial charge in [-0.25, -0.2) is 4.98 Å². The maximum atomic E-state index is 12.4. The normalized spacial score (nSPS) is 14.2. The SMILES string of the molecule is Cn1cnc(N)c1S(=O)(=O)Nc1ccc2c(c1)CCC2. The van der Waals surface area contributed by atoms with Crippen LogP contribution in [0.2, 0.25) is 0 Å². The van der Waals surface area contributed by atoms with Crippen LogP contribution >= 0.6 is 0 Å². The van der Waals surface area contributed by atoms with Crippen LogP contribution < -0.4 is 10.5 Å². The number of fused-ring (bicyclic) bond motifs is 1. The fraction of sp³-hybridized carbons (Fsp3) is 0.308. The number of benzene rings is 1. The number of anilines is 2. The molecule has 0 amide bonds. The van der Waals surface area contributed by atoms with Gasteiger partial charge in [-0.3, -0.25) is 4.72 Å². The minimum absolute atomic E-state index is 0.00107. The number of nitrogens with zero attached hydrogens (tertiary/aromatic N) is 2. The van der Waals surface area contributed by atoms with Gasteiger partial charge in [0.25, 0.3) is 10.0 Å². The van der Waals surface area contributed by atoms with Gasteiger partial charge in [0, 0.05) is 12.7 Å². The average Bonchev–Trinajstić information content (AvgIpc) is 2.95. The van der Waals surface area contributed by atoms with Crippen LogP contribution in [0.1, 0.15) is 17.5 Å². The third-order valence-corrected chi connectivity index (χ3v) is 5.03. The van der Waals surface area contributed by atoms with Crippen molar-refractivity contribution in [1.82, 2.24) is 9.55 Å². The molecule has 1 aromatic heterocycles. The Kier molecular flexibility index (Phi) is 2.93. The van der Waals surface area contributed by atoms with Crippen LogP contribution in [0, 0.1) is 0 Å². The topological polar surface area (TPSA) is 90.0 Å². The van der Waals surface area contributed by atoms with E-state index in [1.807, 2.05) is 12.1 Å². The van der Waals surface area contributed by atoms with Gasteiger partial charge in [-0.15, -0.1) is 0 Å². The lowest BCUT2D eigenvalue weighted by atomic mass is 10.1. The van der Waals surface area contributed by atoms with E-state index in [0.717, 1.165) is 19.3 Å². The van der Waals surface area contributed by atoms with Gasteiger partial charge in [0.15, 0.2) is 10.8 Å². The second kappa shape index (κ2) is 4.52. The number of sulfonamides is 1. The third-order valence-electron chi connectivity index (χ3n) is 3.51. The molecule has 0 radical (unpaired) electrons. The summed E-state index contributed by atoms with van der Waals surface area (Å²) < 4.78 is 28.7. The van der Waals surface area contributed by atoms with Crippen molar-refractivity contribution in [2.45, 2.75) is 24.3 Å². The lowest BCUT2D eigenvalue weighted by Gasteiger charge is -2.10. The van der Waals surface area contributed by atoms with E-state index in [1.165, 1.54) is 22.0 Å². The molecule has 3 N–H and O–H groups in total. The van der Waals surface area contributed by atoms with Crippen LogP contribution in [0.3, 0.4) is 0 Å². The van der Waals surface area contributed by atoms with E-state index in [9.17, 15) is 8.42 Å². The molecule has 0 aliphatic heterocycles. The molecule has 0 bridgehead atoms. The van der Waals surface area contributed by atoms with Crippen LogP contribution in [0.5, 0.6) is 0 Å². The summed E-state index contributed by atoms with van der Waals surface area (Å²) in [5.41, 5.74) is 8.69. The molecule has 2 aromatic rings. The van der Waals surface area contributed by atoms with Crippen LogP contribution in [-0.4, -0.2) is 18.0 Å². The molecule has 0 unspecified atom stereocenters. The van der Waals surface area contributed by atoms with Crippen molar-refractivity contribution in [1.29, 1.82) is 0 Å². The Hall–Kier alpha value is -2.02. The molecule has 0 atom stereocenters. The minimum atomic E-state index is -3.72. The number of hydrogen-bond acceptors (Lipinski definition) is 4. The van der Waals surface area contributed by atoms with Crippen molar-refractivity contribution < 1.29 is 8.42 Å². The maximum Gasteiger partial charge on any atom is 0.281 e. The zero-order chi connectivity index (χ0) is 14.3. The first kappa shape index (κ1) is 13.0. The lowest BCUT2D eigenvalue weighted by Crippen LogP contribution is -2.17. The van der Waals surface area contributed by atoms with E-state index < -0.39 is 10.0 Å². The molecular formula is C13H16N4O2S. The predicted octanol–water partition coefficient (Wildman–Crippen LogP) is 1.29. The molecule has 1 aliphatic carbocycles. The monoisotopic (exact) mass is 292 g/mol. The Morgan fingerprint density at radius 2 is 2.05 bits per heavy atom. The molecular weight excluding hydrogens is 276 g/mol. The summed E-state index contributed by atoms with van der Waals surface area (Å²) in [6, 6.07) is 5.66. The molecule has 1 aromatic carbocycles. The van der Waals surface area contributed by atoms with Gasteiger partial charge in [-0.2, -0.15) is 8.42 Å². The first-order valence-electron chi connectivity index (χ1n) is 6.39. The van der Waals surface area contributed by atoms with E-state index in [2.05, 4.69) is 9.71 Å². The van der Waals surface area contributed by atoms with Gasteiger partial charge in [-0.05, 0) is 42.5 Å². The summed E-state index contributed by atoms with van der Waals surface area (Å²) in [6.45, 7) is 0. The molecule has 6 nitrogen and oxygen atoms in total. The molecule has 1 aliphatic rings. The summed E-state index contributed by atoms with van der Waals surface area (Å²) in [4.78, 5) is 3.80. The van der Waals surface area contributed by atoms with Crippen LogP contribution in [0.4, 0.5) is 11.5 Å². The minimum Gasteiger partial charge on any atom is -0.381 e. The Morgan fingerprint density at radius 1 is 1.30 bits per heavy atom. The fourth-order valence-corrected chi connectivity index (χ4v) is 3.89. The fourth-order valence-electron chi connectivity index (χ4n) is 2.60. The third kappa shape index (κ3) is 2.14. The molecule has 0 saturated carbocycles. The lowest BCUT2D eigenvalue weighted by molar-refractivity contribution is 0.592. The zero-order valence-corrected chi connectivity index (χ0v) is 11.9. The van der Waals surface area contributed by atoms with Gasteiger partial charge in [0.05, 0.1) is 6.33 Å². The van der Waals surface area contributed by atoms with Gasteiger partial charge in [0.2, 0.25) is 0 Å². The largest absolute Gasteiger partial charge is 0.381 e. The first-order chi connectivity index (χ1) is 9.47. The second-order valence-electron chi connectivity index (χ2n) is 4.99. The van der Waals surface area contributed by atoms with Crippen LogP contribution in [-0.2, 0) is 29.9 Å². The number of aryl methyl sites for hydroxylation is 3. The molecule has 0 fully saturated rings. The van der Waals surface area contributed by atoms with Crippen molar-refractivity contribution in [2.75, 3.05) is 10.5 Å². The molecule has 7 heteroatoms. The standard InChI is InChI=1S/C13H16N4O2S/c1-17-8-15-12(14)13(17)20(18,19)16-11-6-5-9-3-2-4-10(9)7-11/h5-8,16H,2-4,14H2,1H3. The highest BCUT2D eigenvalue weighted by Gasteiger charge is 2.23. The van der Waals surface area contributed by atoms with Gasteiger partial charge >= 0.3 is 0 Å². The molecule has 1 heterocycles. The summed E-state index contributed by atoms with van der Waals surface area (Å²) in [5.74, 6) is 0.00107. The van der Waals surface area contributed by atoms with E-state index in [-0.39, 0.29) is 10.8 Å². The Balaban J connectivity index is 1.94. The van der Waals surface area contributed by atoms with E-state index in [0.29, 0.717) is 5.69 Å². The van der Waals surface area contributed by atoms with Crippen LogP contribution in [0.25, 0.3) is 0 Å². The molecule has 3 rings (SSSR count). The highest BCUT2D eigenvalue weighted by molar-refractivity contribution is 7.92. The quantitative estimate of drug-likeness (QED) is 0.892. The molecule has 20 heavy (non-hydrogen) atoms. The van der Waals surface area contributed by atoms with Crippen molar-refractivity contribution in [3.63, 3.8) is 0 Å². The van der Waals surface area contributed by atoms with Crippen molar-refractivity contribution in [2.24, 2.45) is 7.05 Å². The average molecular weight is 292 g/mol. The number of nitrogen functional groups attached to an aromatic ring is 1. The highest BCUT2D eigenvalue weighted by Crippen LogP contribution is 2.26. The van der Waals surface area contributed by atoms with Crippen molar-refractivity contribution in [3.05, 3.63) is 35.7 Å². The number of imidazole rings is 1. The molecule has 0 saturated heterocycles. The van der Waals surface area contributed by atoms with Crippen molar-refractivity contribution >= 4 is 21.5 Å². The van der Waals surface area contributed by atoms with Gasteiger partial charge in [0.1, 0.15) is 0 Å². The summed E-state index contributed by atoms with van der Waals surface area (Å²) >= 11 is 0. The number of rotatable bonds is 3. The highest BCUT2D eigenvalue weighted by atomic mass is 32.2. The van der Waals surface area contributed by atoms with Crippen LogP contribution in [0.15, 0.2) is 29.6 Å². The van der Waals surface area contributed by atoms with E-state index in [4.69, 9.17) is 5.73 Å². The molecule has 106 valence electrons. The summed E-state index contributed by atoms with van der Waals surface area (Å²) in [7, 11) is -2.13. The maximum absolute atomic E-state index is 12.4. The van der Waals surface area contributed by atoms with Crippen molar-refractivity contribution in [3.8, 4) is 0 Å². The number of nitrogens with one attached hydrogen (secondary N) is 1. The number of nitrogens with two attached hydrogens (primary N) is 1. The Labute approximate surface area is 117 Å². The Bertz CT molecular complexity index is 745. The summed E-state index contributed by atoms with van der Waals surface area (Å²) in [6.07, 6.45) is 4.57. The number of hydrogen-bond donors (Lipinski definition) is 2. The first-order valence-corrected chi connectivity index (χ1v) is 7.87. The zero-order valence-electron chi connectivity index (χ0n) is 11.1. The summed E-state index contributed by atoms with van der Waals surface area (Å²) in [5, 5.41) is -0.0157. The van der Waals surface area contributed by atoms with Gasteiger partial charge < -0.3 is 10.3 Å². The number of aromatic nitrogens is 2. The second-order valence-corrected chi connectivity index (χ2v) is 6.59. The van der Waals surface area contributed by atoms with Gasteiger partial charge in [-0.1, -0.05) is 6.07 Å². The van der Waals surface area contributed by atoms with E-state index in [1.54, 1.807) is 13.1 Å². The smallest absolute Gasteiger partial charge is 0.281 e. The molecule has 0 spiro atoms. The Morgan fingerprint density at radius 3 is 2.75 bits per heavy atom. The predicted molar refractivity (Wildman–Crippen MR) is 76.9 cm³/mol.